The summed E-state index contributed by atoms with van der Waals surface area (Å²) in [4.78, 5) is 0. The first-order valence-corrected chi connectivity index (χ1v) is 4.65. The Balaban J connectivity index is 3.01. The second kappa shape index (κ2) is 4.01. The van der Waals surface area contributed by atoms with Gasteiger partial charge in [-0.1, -0.05) is 28.9 Å². The highest BCUT2D eigenvalue weighted by atomic mass is 79.9. The van der Waals surface area contributed by atoms with Crippen molar-refractivity contribution in [1.29, 1.82) is 0 Å². The van der Waals surface area contributed by atoms with E-state index < -0.39 is 0 Å². The normalized spacial score (nSPS) is 13.0. The van der Waals surface area contributed by atoms with Gasteiger partial charge in [-0.3, -0.25) is 0 Å². The van der Waals surface area contributed by atoms with E-state index in [1.807, 2.05) is 6.92 Å². The van der Waals surface area contributed by atoms with E-state index in [0.717, 1.165) is 10.9 Å². The standard InChI is InChI=1S/C9H11BrFN/c1-2-9(12)7-4-3-6(10)5-8(7)11/h3-5,9H,2,12H2,1H3. The predicted molar refractivity (Wildman–Crippen MR) is 51.3 cm³/mol. The molecule has 3 heteroatoms. The summed E-state index contributed by atoms with van der Waals surface area (Å²) in [6, 6.07) is 4.75. The fourth-order valence-corrected chi connectivity index (χ4v) is 1.36. The Morgan fingerprint density at radius 3 is 2.75 bits per heavy atom. The Morgan fingerprint density at radius 1 is 1.58 bits per heavy atom. The molecule has 1 aromatic rings. The van der Waals surface area contributed by atoms with Crippen molar-refractivity contribution < 1.29 is 4.39 Å². The number of nitrogens with two attached hydrogens (primary N) is 1. The topological polar surface area (TPSA) is 26.0 Å². The fourth-order valence-electron chi connectivity index (χ4n) is 1.02. The lowest BCUT2D eigenvalue weighted by Gasteiger charge is -2.09. The number of benzene rings is 1. The van der Waals surface area contributed by atoms with Crippen LogP contribution in [0.25, 0.3) is 0 Å². The summed E-state index contributed by atoms with van der Waals surface area (Å²) >= 11 is 3.19. The van der Waals surface area contributed by atoms with Crippen molar-refractivity contribution in [2.24, 2.45) is 5.73 Å². The Hall–Kier alpha value is -0.410. The van der Waals surface area contributed by atoms with Gasteiger partial charge in [-0.05, 0) is 18.6 Å². The number of hydrogen-bond acceptors (Lipinski definition) is 1. The van der Waals surface area contributed by atoms with Crippen LogP contribution < -0.4 is 5.73 Å². The molecular formula is C9H11BrFN. The molecule has 0 fully saturated rings. The highest BCUT2D eigenvalue weighted by Gasteiger charge is 2.08. The monoisotopic (exact) mass is 231 g/mol. The molecule has 0 saturated heterocycles. The maximum atomic E-state index is 13.2. The van der Waals surface area contributed by atoms with E-state index in [1.165, 1.54) is 6.07 Å². The van der Waals surface area contributed by atoms with Gasteiger partial charge in [-0.15, -0.1) is 0 Å². The highest BCUT2D eigenvalue weighted by Crippen LogP contribution is 2.21. The molecule has 0 amide bonds. The summed E-state index contributed by atoms with van der Waals surface area (Å²) < 4.78 is 13.9. The molecule has 0 aromatic heterocycles. The zero-order valence-electron chi connectivity index (χ0n) is 6.85. The lowest BCUT2D eigenvalue weighted by Crippen LogP contribution is -2.10. The van der Waals surface area contributed by atoms with Gasteiger partial charge >= 0.3 is 0 Å². The fraction of sp³-hybridized carbons (Fsp3) is 0.333. The molecule has 66 valence electrons. The Morgan fingerprint density at radius 2 is 2.25 bits per heavy atom. The maximum absolute atomic E-state index is 13.2. The van der Waals surface area contributed by atoms with Gasteiger partial charge in [0.1, 0.15) is 5.82 Å². The molecule has 0 saturated carbocycles. The molecule has 0 aliphatic rings. The van der Waals surface area contributed by atoms with Gasteiger partial charge in [0.25, 0.3) is 0 Å². The van der Waals surface area contributed by atoms with Gasteiger partial charge in [-0.2, -0.15) is 0 Å². The number of rotatable bonds is 2. The van der Waals surface area contributed by atoms with Crippen LogP contribution in [0.3, 0.4) is 0 Å². The smallest absolute Gasteiger partial charge is 0.129 e. The molecular weight excluding hydrogens is 221 g/mol. The van der Waals surface area contributed by atoms with Crippen molar-refractivity contribution in [1.82, 2.24) is 0 Å². The minimum absolute atomic E-state index is 0.196. The third kappa shape index (κ3) is 2.05. The van der Waals surface area contributed by atoms with E-state index in [1.54, 1.807) is 12.1 Å². The van der Waals surface area contributed by atoms with Gasteiger partial charge in [0, 0.05) is 16.1 Å². The summed E-state index contributed by atoms with van der Waals surface area (Å²) in [7, 11) is 0. The van der Waals surface area contributed by atoms with Gasteiger partial charge < -0.3 is 5.73 Å². The first kappa shape index (κ1) is 9.68. The largest absolute Gasteiger partial charge is 0.324 e. The van der Waals surface area contributed by atoms with Crippen molar-refractivity contribution >= 4 is 15.9 Å². The summed E-state index contributed by atoms with van der Waals surface area (Å²) in [5.74, 6) is -0.237. The van der Waals surface area contributed by atoms with Gasteiger partial charge in [-0.25, -0.2) is 4.39 Å². The average molecular weight is 232 g/mol. The van der Waals surface area contributed by atoms with Crippen LogP contribution in [-0.4, -0.2) is 0 Å². The quantitative estimate of drug-likeness (QED) is 0.833. The van der Waals surface area contributed by atoms with Crippen molar-refractivity contribution in [3.8, 4) is 0 Å². The van der Waals surface area contributed by atoms with Crippen LogP contribution in [0, 0.1) is 5.82 Å². The molecule has 1 nitrogen and oxygen atoms in total. The van der Waals surface area contributed by atoms with E-state index in [2.05, 4.69) is 15.9 Å². The molecule has 1 aromatic carbocycles. The third-order valence-electron chi connectivity index (χ3n) is 1.80. The minimum atomic E-state index is -0.237. The molecule has 1 unspecified atom stereocenters. The molecule has 0 bridgehead atoms. The van der Waals surface area contributed by atoms with Gasteiger partial charge in [0.05, 0.1) is 0 Å². The minimum Gasteiger partial charge on any atom is -0.324 e. The molecule has 2 N–H and O–H groups in total. The van der Waals surface area contributed by atoms with Crippen molar-refractivity contribution in [3.63, 3.8) is 0 Å². The van der Waals surface area contributed by atoms with Crippen molar-refractivity contribution in [3.05, 3.63) is 34.1 Å². The maximum Gasteiger partial charge on any atom is 0.129 e. The summed E-state index contributed by atoms with van der Waals surface area (Å²) in [5, 5.41) is 0. The molecule has 0 heterocycles. The predicted octanol–water partition coefficient (Wildman–Crippen LogP) is 3.00. The van der Waals surface area contributed by atoms with Gasteiger partial charge in [0.15, 0.2) is 0 Å². The van der Waals surface area contributed by atoms with E-state index in [4.69, 9.17) is 5.73 Å². The van der Waals surface area contributed by atoms with Crippen LogP contribution in [0.2, 0.25) is 0 Å². The second-order valence-electron chi connectivity index (χ2n) is 2.68. The first-order valence-electron chi connectivity index (χ1n) is 3.85. The zero-order chi connectivity index (χ0) is 9.14. The van der Waals surface area contributed by atoms with E-state index >= 15 is 0 Å². The highest BCUT2D eigenvalue weighted by molar-refractivity contribution is 9.10. The summed E-state index contributed by atoms with van der Waals surface area (Å²) in [5.41, 5.74) is 6.27. The van der Waals surface area contributed by atoms with Crippen molar-refractivity contribution in [2.75, 3.05) is 0 Å². The Bertz CT molecular complexity index is 275. The molecule has 1 atom stereocenters. The second-order valence-corrected chi connectivity index (χ2v) is 3.60. The third-order valence-corrected chi connectivity index (χ3v) is 2.30. The van der Waals surface area contributed by atoms with E-state index in [-0.39, 0.29) is 11.9 Å². The lowest BCUT2D eigenvalue weighted by atomic mass is 10.1. The Labute approximate surface area is 79.9 Å². The van der Waals surface area contributed by atoms with Gasteiger partial charge in [0.2, 0.25) is 0 Å². The van der Waals surface area contributed by atoms with E-state index in [0.29, 0.717) is 5.56 Å². The molecule has 0 aliphatic heterocycles. The molecule has 0 spiro atoms. The average Bonchev–Trinajstić information content (AvgIpc) is 2.03. The molecule has 0 radical (unpaired) electrons. The SMILES string of the molecule is CCC(N)c1ccc(Br)cc1F. The number of halogens is 2. The molecule has 1 rings (SSSR count). The van der Waals surface area contributed by atoms with E-state index in [9.17, 15) is 4.39 Å². The Kier molecular flexibility index (Phi) is 3.23. The van der Waals surface area contributed by atoms with Crippen LogP contribution in [0.5, 0.6) is 0 Å². The van der Waals surface area contributed by atoms with Crippen LogP contribution >= 0.6 is 15.9 Å². The summed E-state index contributed by atoms with van der Waals surface area (Å²) in [6.07, 6.45) is 0.749. The number of hydrogen-bond donors (Lipinski definition) is 1. The lowest BCUT2D eigenvalue weighted by molar-refractivity contribution is 0.574. The van der Waals surface area contributed by atoms with Crippen LogP contribution in [0.15, 0.2) is 22.7 Å². The van der Waals surface area contributed by atoms with Crippen molar-refractivity contribution in [2.45, 2.75) is 19.4 Å². The summed E-state index contributed by atoms with van der Waals surface area (Å²) in [6.45, 7) is 1.94. The van der Waals surface area contributed by atoms with Crippen LogP contribution in [0.4, 0.5) is 4.39 Å². The van der Waals surface area contributed by atoms with Crippen LogP contribution in [0.1, 0.15) is 24.9 Å². The molecule has 12 heavy (non-hydrogen) atoms. The van der Waals surface area contributed by atoms with Crippen LogP contribution in [-0.2, 0) is 0 Å². The molecule has 0 aliphatic carbocycles. The first-order chi connectivity index (χ1) is 5.65. The zero-order valence-corrected chi connectivity index (χ0v) is 8.44.